The normalized spacial score (nSPS) is 10.3. The Morgan fingerprint density at radius 2 is 2.07 bits per heavy atom. The van der Waals surface area contributed by atoms with Crippen molar-refractivity contribution >= 4 is 11.6 Å². The van der Waals surface area contributed by atoms with Crippen LogP contribution in [0.2, 0.25) is 0 Å². The number of pyridine rings is 1. The lowest BCUT2D eigenvalue weighted by atomic mass is 10.0. The zero-order valence-electron chi connectivity index (χ0n) is 9.06. The van der Waals surface area contributed by atoms with Crippen LogP contribution in [0.25, 0.3) is 0 Å². The maximum absolute atomic E-state index is 11.6. The monoisotopic (exact) mass is 205 g/mol. The van der Waals surface area contributed by atoms with E-state index in [1.165, 1.54) is 0 Å². The molecule has 80 valence electrons. The molecule has 0 radical (unpaired) electrons. The van der Waals surface area contributed by atoms with E-state index < -0.39 is 0 Å². The zero-order chi connectivity index (χ0) is 11.3. The Labute approximate surface area is 89.5 Å². The molecule has 3 nitrogen and oxygen atoms in total. The molecule has 0 N–H and O–H groups in total. The summed E-state index contributed by atoms with van der Waals surface area (Å²) in [5.74, 6) is 0.0935. The summed E-state index contributed by atoms with van der Waals surface area (Å²) in [6, 6.07) is 5.12. The van der Waals surface area contributed by atoms with Crippen LogP contribution >= 0.6 is 0 Å². The molecule has 15 heavy (non-hydrogen) atoms. The maximum atomic E-state index is 11.6. The molecule has 0 aliphatic heterocycles. The average Bonchev–Trinajstić information content (AvgIpc) is 2.17. The number of rotatable bonds is 5. The number of aromatic nitrogens is 1. The van der Waals surface area contributed by atoms with E-state index in [1.54, 1.807) is 24.4 Å². The Kier molecular flexibility index (Phi) is 4.16. The third-order valence-electron chi connectivity index (χ3n) is 1.94. The average molecular weight is 205 g/mol. The molecular weight excluding hydrogens is 190 g/mol. The Morgan fingerprint density at radius 3 is 2.60 bits per heavy atom. The van der Waals surface area contributed by atoms with Crippen molar-refractivity contribution in [3.8, 4) is 0 Å². The van der Waals surface area contributed by atoms with Crippen molar-refractivity contribution in [1.29, 1.82) is 0 Å². The minimum absolute atomic E-state index is 0.0133. The van der Waals surface area contributed by atoms with Gasteiger partial charge in [0.1, 0.15) is 11.5 Å². The highest BCUT2D eigenvalue weighted by molar-refractivity contribution is 6.06. The number of nitrogens with zero attached hydrogens (tertiary/aromatic N) is 1. The van der Waals surface area contributed by atoms with Crippen molar-refractivity contribution in [1.82, 2.24) is 4.98 Å². The highest BCUT2D eigenvalue weighted by Gasteiger charge is 2.13. The van der Waals surface area contributed by atoms with Crippen molar-refractivity contribution in [2.24, 2.45) is 5.92 Å². The molecule has 1 aromatic rings. The van der Waals surface area contributed by atoms with Gasteiger partial charge in [0, 0.05) is 12.6 Å². The number of hydrogen-bond donors (Lipinski definition) is 0. The summed E-state index contributed by atoms with van der Waals surface area (Å²) in [5.41, 5.74) is 0.370. The first-order chi connectivity index (χ1) is 7.09. The van der Waals surface area contributed by atoms with Gasteiger partial charge in [-0.1, -0.05) is 19.9 Å². The summed E-state index contributed by atoms with van der Waals surface area (Å²) in [5, 5.41) is 0. The van der Waals surface area contributed by atoms with E-state index in [4.69, 9.17) is 0 Å². The number of carbonyl (C=O) groups is 2. The van der Waals surface area contributed by atoms with Crippen LogP contribution in [0, 0.1) is 5.92 Å². The smallest absolute Gasteiger partial charge is 0.188 e. The van der Waals surface area contributed by atoms with Crippen LogP contribution in [0.15, 0.2) is 24.4 Å². The second-order valence-electron chi connectivity index (χ2n) is 3.95. The van der Waals surface area contributed by atoms with Crippen LogP contribution in [0.4, 0.5) is 0 Å². The minimum Gasteiger partial charge on any atom is -0.299 e. The van der Waals surface area contributed by atoms with Crippen LogP contribution in [0.5, 0.6) is 0 Å². The van der Waals surface area contributed by atoms with Crippen molar-refractivity contribution < 1.29 is 9.59 Å². The maximum Gasteiger partial charge on any atom is 0.188 e. The molecule has 0 aromatic carbocycles. The topological polar surface area (TPSA) is 47.0 Å². The van der Waals surface area contributed by atoms with Crippen LogP contribution in [-0.2, 0) is 4.79 Å². The number of ketones is 2. The van der Waals surface area contributed by atoms with Crippen molar-refractivity contribution in [2.75, 3.05) is 0 Å². The molecule has 0 amide bonds. The molecule has 0 spiro atoms. The highest BCUT2D eigenvalue weighted by atomic mass is 16.1. The number of hydrogen-bond acceptors (Lipinski definition) is 3. The molecule has 0 fully saturated rings. The quantitative estimate of drug-likeness (QED) is 0.547. The van der Waals surface area contributed by atoms with Crippen LogP contribution < -0.4 is 0 Å². The van der Waals surface area contributed by atoms with Crippen LogP contribution in [0.3, 0.4) is 0 Å². The standard InChI is InChI=1S/C12H15NO2/c1-9(2)7-10(14)8-12(15)11-5-3-4-6-13-11/h3-6,9H,7-8H2,1-2H3. The van der Waals surface area contributed by atoms with Gasteiger partial charge < -0.3 is 0 Å². The fourth-order valence-electron chi connectivity index (χ4n) is 1.32. The van der Waals surface area contributed by atoms with E-state index in [-0.39, 0.29) is 18.0 Å². The van der Waals surface area contributed by atoms with E-state index in [0.29, 0.717) is 18.0 Å². The summed E-state index contributed by atoms with van der Waals surface area (Å²) >= 11 is 0. The van der Waals surface area contributed by atoms with Crippen molar-refractivity contribution in [3.63, 3.8) is 0 Å². The third kappa shape index (κ3) is 4.02. The summed E-state index contributed by atoms with van der Waals surface area (Å²) in [6.45, 7) is 3.92. The fraction of sp³-hybridized carbons (Fsp3) is 0.417. The predicted octanol–water partition coefficient (Wildman–Crippen LogP) is 2.27. The lowest BCUT2D eigenvalue weighted by Gasteiger charge is -2.02. The van der Waals surface area contributed by atoms with E-state index in [2.05, 4.69) is 4.98 Å². The van der Waals surface area contributed by atoms with Gasteiger partial charge in [0.05, 0.1) is 6.42 Å². The van der Waals surface area contributed by atoms with E-state index in [1.807, 2.05) is 13.8 Å². The first-order valence-electron chi connectivity index (χ1n) is 5.05. The molecule has 0 saturated carbocycles. The molecule has 1 rings (SSSR count). The molecule has 0 aliphatic carbocycles. The highest BCUT2D eigenvalue weighted by Crippen LogP contribution is 2.06. The largest absolute Gasteiger partial charge is 0.299 e. The zero-order valence-corrected chi connectivity index (χ0v) is 9.06. The molecule has 3 heteroatoms. The Bertz CT molecular complexity index is 344. The molecule has 0 unspecified atom stereocenters. The Morgan fingerprint density at radius 1 is 1.33 bits per heavy atom. The summed E-state index contributed by atoms with van der Waals surface area (Å²) < 4.78 is 0. The summed E-state index contributed by atoms with van der Waals surface area (Å²) in [6.07, 6.45) is 1.98. The molecule has 0 bridgehead atoms. The van der Waals surface area contributed by atoms with Gasteiger partial charge in [-0.2, -0.15) is 0 Å². The van der Waals surface area contributed by atoms with Gasteiger partial charge >= 0.3 is 0 Å². The number of carbonyl (C=O) groups excluding carboxylic acids is 2. The predicted molar refractivity (Wildman–Crippen MR) is 57.6 cm³/mol. The molecule has 0 saturated heterocycles. The van der Waals surface area contributed by atoms with Gasteiger partial charge in [-0.15, -0.1) is 0 Å². The van der Waals surface area contributed by atoms with E-state index in [9.17, 15) is 9.59 Å². The van der Waals surface area contributed by atoms with Gasteiger partial charge in [-0.3, -0.25) is 14.6 Å². The lowest BCUT2D eigenvalue weighted by Crippen LogP contribution is -2.11. The summed E-state index contributed by atoms with van der Waals surface area (Å²) in [7, 11) is 0. The molecule has 0 atom stereocenters. The third-order valence-corrected chi connectivity index (χ3v) is 1.94. The van der Waals surface area contributed by atoms with Gasteiger partial charge in [0.25, 0.3) is 0 Å². The van der Waals surface area contributed by atoms with Gasteiger partial charge in [0.15, 0.2) is 5.78 Å². The minimum atomic E-state index is -0.193. The first kappa shape index (κ1) is 11.6. The fourth-order valence-corrected chi connectivity index (χ4v) is 1.32. The van der Waals surface area contributed by atoms with E-state index >= 15 is 0 Å². The van der Waals surface area contributed by atoms with Crippen molar-refractivity contribution in [2.45, 2.75) is 26.7 Å². The lowest BCUT2D eigenvalue weighted by molar-refractivity contribution is -0.118. The summed E-state index contributed by atoms with van der Waals surface area (Å²) in [4.78, 5) is 26.9. The SMILES string of the molecule is CC(C)CC(=O)CC(=O)c1ccccn1. The Balaban J connectivity index is 2.53. The number of Topliss-reactive ketones (excluding diaryl/α,β-unsaturated/α-hetero) is 2. The van der Waals surface area contributed by atoms with Gasteiger partial charge in [-0.05, 0) is 18.1 Å². The molecule has 1 aromatic heterocycles. The van der Waals surface area contributed by atoms with Crippen molar-refractivity contribution in [3.05, 3.63) is 30.1 Å². The molecular formula is C12H15NO2. The molecule has 1 heterocycles. The van der Waals surface area contributed by atoms with Crippen LogP contribution in [-0.4, -0.2) is 16.6 Å². The van der Waals surface area contributed by atoms with Gasteiger partial charge in [-0.25, -0.2) is 0 Å². The van der Waals surface area contributed by atoms with Crippen LogP contribution in [0.1, 0.15) is 37.2 Å². The second kappa shape index (κ2) is 5.39. The van der Waals surface area contributed by atoms with Gasteiger partial charge in [0.2, 0.25) is 0 Å². The van der Waals surface area contributed by atoms with E-state index in [0.717, 1.165) is 0 Å². The molecule has 0 aliphatic rings. The Hall–Kier alpha value is -1.51. The second-order valence-corrected chi connectivity index (χ2v) is 3.95. The first-order valence-corrected chi connectivity index (χ1v) is 5.05.